The van der Waals surface area contributed by atoms with Crippen LogP contribution in [-0.2, 0) is 13.6 Å². The van der Waals surface area contributed by atoms with Crippen molar-refractivity contribution in [3.8, 4) is 0 Å². The van der Waals surface area contributed by atoms with Gasteiger partial charge in [0, 0.05) is 25.2 Å². The Bertz CT molecular complexity index is 461. The molecule has 0 saturated carbocycles. The Morgan fingerprint density at radius 2 is 2.35 bits per heavy atom. The number of aryl methyl sites for hydroxylation is 2. The van der Waals surface area contributed by atoms with Crippen LogP contribution in [0.4, 0.5) is 0 Å². The van der Waals surface area contributed by atoms with Gasteiger partial charge in [0.2, 0.25) is 0 Å². The van der Waals surface area contributed by atoms with Crippen LogP contribution < -0.4 is 5.32 Å². The average molecular weight is 250 g/mol. The maximum atomic E-state index is 4.36. The zero-order valence-corrected chi connectivity index (χ0v) is 11.3. The van der Waals surface area contributed by atoms with Crippen LogP contribution in [0, 0.1) is 6.92 Å². The monoisotopic (exact) mass is 250 g/mol. The van der Waals surface area contributed by atoms with E-state index in [-0.39, 0.29) is 0 Å². The Morgan fingerprint density at radius 3 is 2.88 bits per heavy atom. The molecule has 92 valence electrons. The molecule has 0 radical (unpaired) electrons. The Kier molecular flexibility index (Phi) is 3.91. The molecule has 2 aromatic rings. The fraction of sp³-hybridized carbons (Fsp3) is 0.500. The van der Waals surface area contributed by atoms with Gasteiger partial charge in [-0.3, -0.25) is 4.68 Å². The normalized spacial score (nSPS) is 12.9. The second-order valence-electron chi connectivity index (χ2n) is 4.11. The summed E-state index contributed by atoms with van der Waals surface area (Å²) in [7, 11) is 1.98. The van der Waals surface area contributed by atoms with E-state index in [1.165, 1.54) is 5.69 Å². The van der Waals surface area contributed by atoms with Gasteiger partial charge in [0.15, 0.2) is 0 Å². The van der Waals surface area contributed by atoms with Crippen LogP contribution in [0.3, 0.4) is 0 Å². The molecule has 2 rings (SSSR count). The van der Waals surface area contributed by atoms with Crippen molar-refractivity contribution in [1.29, 1.82) is 0 Å². The van der Waals surface area contributed by atoms with E-state index < -0.39 is 0 Å². The lowest BCUT2D eigenvalue weighted by atomic mass is 10.2. The first-order valence-electron chi connectivity index (χ1n) is 5.83. The fourth-order valence-corrected chi connectivity index (χ4v) is 2.67. The van der Waals surface area contributed by atoms with Crippen molar-refractivity contribution in [2.45, 2.75) is 32.9 Å². The number of hydrogen-bond donors (Lipinski definition) is 1. The quantitative estimate of drug-likeness (QED) is 0.886. The smallest absolute Gasteiger partial charge is 0.109 e. The highest BCUT2D eigenvalue weighted by atomic mass is 32.1. The van der Waals surface area contributed by atoms with Crippen molar-refractivity contribution in [3.05, 3.63) is 34.0 Å². The van der Waals surface area contributed by atoms with Gasteiger partial charge in [-0.15, -0.1) is 11.3 Å². The number of thiazole rings is 1. The molecule has 0 saturated heterocycles. The minimum Gasteiger partial charge on any atom is -0.302 e. The van der Waals surface area contributed by atoms with E-state index in [2.05, 4.69) is 28.4 Å². The fourth-order valence-electron chi connectivity index (χ4n) is 1.87. The summed E-state index contributed by atoms with van der Waals surface area (Å²) < 4.78 is 1.93. The second kappa shape index (κ2) is 5.42. The highest BCUT2D eigenvalue weighted by Crippen LogP contribution is 2.19. The lowest BCUT2D eigenvalue weighted by molar-refractivity contribution is 0.501. The molecule has 0 aliphatic heterocycles. The summed E-state index contributed by atoms with van der Waals surface area (Å²) in [5.41, 5.74) is 2.27. The summed E-state index contributed by atoms with van der Waals surface area (Å²) in [5, 5.41) is 11.1. The van der Waals surface area contributed by atoms with E-state index in [1.807, 2.05) is 30.2 Å². The summed E-state index contributed by atoms with van der Waals surface area (Å²) in [4.78, 5) is 4.36. The van der Waals surface area contributed by atoms with Gasteiger partial charge in [0.25, 0.3) is 0 Å². The summed E-state index contributed by atoms with van der Waals surface area (Å²) in [6, 6.07) is 2.45. The highest BCUT2D eigenvalue weighted by Gasteiger charge is 2.12. The number of hydrogen-bond acceptors (Lipinski definition) is 4. The predicted molar refractivity (Wildman–Crippen MR) is 69.9 cm³/mol. The predicted octanol–water partition coefficient (Wildman–Crippen LogP) is 2.43. The minimum atomic E-state index is 0.338. The largest absolute Gasteiger partial charge is 0.302 e. The molecule has 17 heavy (non-hydrogen) atoms. The Morgan fingerprint density at radius 1 is 1.53 bits per heavy atom. The van der Waals surface area contributed by atoms with Gasteiger partial charge in [-0.05, 0) is 19.4 Å². The zero-order chi connectivity index (χ0) is 12.3. The SMILES string of the molecule is CCC(NCc1cc(C)nn1C)c1nccs1. The van der Waals surface area contributed by atoms with E-state index in [1.54, 1.807) is 11.3 Å². The topological polar surface area (TPSA) is 42.7 Å². The van der Waals surface area contributed by atoms with E-state index in [4.69, 9.17) is 0 Å². The molecule has 1 unspecified atom stereocenters. The summed E-state index contributed by atoms with van der Waals surface area (Å²) >= 11 is 1.70. The number of nitrogens with one attached hydrogen (secondary N) is 1. The van der Waals surface area contributed by atoms with E-state index in [0.29, 0.717) is 6.04 Å². The van der Waals surface area contributed by atoms with Gasteiger partial charge in [0.05, 0.1) is 17.4 Å². The lowest BCUT2D eigenvalue weighted by Gasteiger charge is -2.14. The summed E-state index contributed by atoms with van der Waals surface area (Å²) in [6.45, 7) is 5.02. The molecule has 0 amide bonds. The van der Waals surface area contributed by atoms with Crippen LogP contribution in [0.2, 0.25) is 0 Å². The van der Waals surface area contributed by atoms with Crippen molar-refractivity contribution in [3.63, 3.8) is 0 Å². The first-order chi connectivity index (χ1) is 8.20. The number of rotatable bonds is 5. The molecule has 2 heterocycles. The van der Waals surface area contributed by atoms with Crippen molar-refractivity contribution in [1.82, 2.24) is 20.1 Å². The van der Waals surface area contributed by atoms with Crippen molar-refractivity contribution < 1.29 is 0 Å². The first-order valence-corrected chi connectivity index (χ1v) is 6.71. The molecular weight excluding hydrogens is 232 g/mol. The van der Waals surface area contributed by atoms with Gasteiger partial charge in [-0.1, -0.05) is 6.92 Å². The molecule has 1 N–H and O–H groups in total. The van der Waals surface area contributed by atoms with Gasteiger partial charge in [-0.25, -0.2) is 4.98 Å². The van der Waals surface area contributed by atoms with Crippen molar-refractivity contribution >= 4 is 11.3 Å². The van der Waals surface area contributed by atoms with Crippen LogP contribution in [0.25, 0.3) is 0 Å². The van der Waals surface area contributed by atoms with Gasteiger partial charge >= 0.3 is 0 Å². The number of aromatic nitrogens is 3. The third kappa shape index (κ3) is 2.92. The maximum absolute atomic E-state index is 4.36. The van der Waals surface area contributed by atoms with E-state index >= 15 is 0 Å². The Balaban J connectivity index is 1.99. The van der Waals surface area contributed by atoms with E-state index in [9.17, 15) is 0 Å². The third-order valence-corrected chi connectivity index (χ3v) is 3.68. The molecule has 1 atom stereocenters. The van der Waals surface area contributed by atoms with Crippen LogP contribution in [0.15, 0.2) is 17.6 Å². The lowest BCUT2D eigenvalue weighted by Crippen LogP contribution is -2.21. The average Bonchev–Trinajstić information content (AvgIpc) is 2.90. The van der Waals surface area contributed by atoms with Crippen LogP contribution >= 0.6 is 11.3 Å². The molecule has 0 fully saturated rings. The first kappa shape index (κ1) is 12.3. The van der Waals surface area contributed by atoms with Gasteiger partial charge in [-0.2, -0.15) is 5.10 Å². The van der Waals surface area contributed by atoms with Crippen LogP contribution in [-0.4, -0.2) is 14.8 Å². The highest BCUT2D eigenvalue weighted by molar-refractivity contribution is 7.09. The molecular formula is C12H18N4S. The minimum absolute atomic E-state index is 0.338. The standard InChI is InChI=1S/C12H18N4S/c1-4-11(12-13-5-6-17-12)14-8-10-7-9(2)15-16(10)3/h5-7,11,14H,4,8H2,1-3H3. The third-order valence-electron chi connectivity index (χ3n) is 2.79. The molecule has 0 spiro atoms. The molecule has 5 heteroatoms. The van der Waals surface area contributed by atoms with Gasteiger partial charge in [0.1, 0.15) is 5.01 Å². The second-order valence-corrected chi connectivity index (χ2v) is 5.04. The van der Waals surface area contributed by atoms with Gasteiger partial charge < -0.3 is 5.32 Å². The molecule has 4 nitrogen and oxygen atoms in total. The Labute approximate surface area is 106 Å². The molecule has 0 bridgehead atoms. The van der Waals surface area contributed by atoms with E-state index in [0.717, 1.165) is 23.7 Å². The molecule has 0 aliphatic rings. The van der Waals surface area contributed by atoms with Crippen molar-refractivity contribution in [2.75, 3.05) is 0 Å². The summed E-state index contributed by atoms with van der Waals surface area (Å²) in [5.74, 6) is 0. The number of nitrogens with zero attached hydrogens (tertiary/aromatic N) is 3. The molecule has 2 aromatic heterocycles. The Hall–Kier alpha value is -1.20. The molecule has 0 aromatic carbocycles. The van der Waals surface area contributed by atoms with Crippen molar-refractivity contribution in [2.24, 2.45) is 7.05 Å². The van der Waals surface area contributed by atoms with Crippen LogP contribution in [0.5, 0.6) is 0 Å². The molecule has 0 aliphatic carbocycles. The van der Waals surface area contributed by atoms with Crippen LogP contribution in [0.1, 0.15) is 35.8 Å². The zero-order valence-electron chi connectivity index (χ0n) is 10.5. The maximum Gasteiger partial charge on any atom is 0.109 e. The summed E-state index contributed by atoms with van der Waals surface area (Å²) in [6.07, 6.45) is 2.91.